The molecule has 1 N–H and O–H groups in total. The van der Waals surface area contributed by atoms with Crippen LogP contribution in [0.1, 0.15) is 5.56 Å². The summed E-state index contributed by atoms with van der Waals surface area (Å²) in [5.41, 5.74) is 1.60. The monoisotopic (exact) mass is 327 g/mol. The number of benzene rings is 2. The zero-order valence-corrected chi connectivity index (χ0v) is 13.9. The van der Waals surface area contributed by atoms with Crippen LogP contribution in [-0.4, -0.2) is 26.7 Å². The number of methoxy groups -OCH3 is 2. The Morgan fingerprint density at radius 1 is 1.08 bits per heavy atom. The van der Waals surface area contributed by atoms with E-state index in [4.69, 9.17) is 14.2 Å². The van der Waals surface area contributed by atoms with Crippen molar-refractivity contribution in [2.75, 3.05) is 26.1 Å². The molecule has 0 bridgehead atoms. The van der Waals surface area contributed by atoms with Gasteiger partial charge in [0.05, 0.1) is 14.2 Å². The summed E-state index contributed by atoms with van der Waals surface area (Å²) in [6.07, 6.45) is 2.49. The largest absolute Gasteiger partial charge is 0.493 e. The van der Waals surface area contributed by atoms with Crippen molar-refractivity contribution in [1.29, 1.82) is 0 Å². The summed E-state index contributed by atoms with van der Waals surface area (Å²) in [6.45, 7) is 3.64. The van der Waals surface area contributed by atoms with E-state index < -0.39 is 0 Å². The molecule has 0 radical (unpaired) electrons. The minimum absolute atomic E-state index is 0.0809. The number of carbonyl (C=O) groups excluding carboxylic acids is 1. The van der Waals surface area contributed by atoms with Gasteiger partial charge in [0, 0.05) is 11.8 Å². The Bertz CT molecular complexity index is 712. The second-order valence-corrected chi connectivity index (χ2v) is 5.01. The minimum Gasteiger partial charge on any atom is -0.493 e. The zero-order chi connectivity index (χ0) is 17.4. The predicted molar refractivity (Wildman–Crippen MR) is 94.0 cm³/mol. The molecule has 0 spiro atoms. The third-order valence-corrected chi connectivity index (χ3v) is 3.36. The maximum Gasteiger partial charge on any atom is 0.262 e. The summed E-state index contributed by atoms with van der Waals surface area (Å²) < 4.78 is 16.0. The first-order valence-electron chi connectivity index (χ1n) is 7.51. The summed E-state index contributed by atoms with van der Waals surface area (Å²) in [6, 6.07) is 12.7. The Kier molecular flexibility index (Phi) is 6.25. The fourth-order valence-electron chi connectivity index (χ4n) is 2.22. The lowest BCUT2D eigenvalue weighted by Crippen LogP contribution is -2.20. The molecular weight excluding hydrogens is 306 g/mol. The van der Waals surface area contributed by atoms with Crippen molar-refractivity contribution in [3.63, 3.8) is 0 Å². The maximum absolute atomic E-state index is 12.1. The van der Waals surface area contributed by atoms with Gasteiger partial charge in [-0.05, 0) is 30.2 Å². The number of hydrogen-bond acceptors (Lipinski definition) is 4. The average Bonchev–Trinajstić information content (AvgIpc) is 2.61. The Balaban J connectivity index is 1.98. The summed E-state index contributed by atoms with van der Waals surface area (Å²) in [5.74, 6) is 1.58. The molecule has 24 heavy (non-hydrogen) atoms. The SMILES string of the molecule is C=CCc1ccccc1OCC(=O)Nc1ccc(OC)c(OC)c1. The van der Waals surface area contributed by atoms with Crippen molar-refractivity contribution < 1.29 is 19.0 Å². The number of anilines is 1. The minimum atomic E-state index is -0.254. The molecule has 2 rings (SSSR count). The van der Waals surface area contributed by atoms with E-state index in [2.05, 4.69) is 11.9 Å². The second kappa shape index (κ2) is 8.62. The fourth-order valence-corrected chi connectivity index (χ4v) is 2.22. The van der Waals surface area contributed by atoms with Gasteiger partial charge in [-0.1, -0.05) is 24.3 Å². The molecule has 1 amide bonds. The second-order valence-electron chi connectivity index (χ2n) is 5.01. The lowest BCUT2D eigenvalue weighted by Gasteiger charge is -2.12. The summed E-state index contributed by atoms with van der Waals surface area (Å²) >= 11 is 0. The van der Waals surface area contributed by atoms with Crippen molar-refractivity contribution in [2.45, 2.75) is 6.42 Å². The highest BCUT2D eigenvalue weighted by Gasteiger charge is 2.09. The van der Waals surface area contributed by atoms with Gasteiger partial charge in [-0.25, -0.2) is 0 Å². The molecule has 0 unspecified atom stereocenters. The van der Waals surface area contributed by atoms with Crippen molar-refractivity contribution in [2.24, 2.45) is 0 Å². The average molecular weight is 327 g/mol. The van der Waals surface area contributed by atoms with Crippen molar-refractivity contribution in [3.8, 4) is 17.2 Å². The van der Waals surface area contributed by atoms with E-state index in [9.17, 15) is 4.79 Å². The lowest BCUT2D eigenvalue weighted by atomic mass is 10.1. The van der Waals surface area contributed by atoms with Crippen LogP contribution in [0.15, 0.2) is 55.1 Å². The van der Waals surface area contributed by atoms with Crippen LogP contribution in [0.5, 0.6) is 17.2 Å². The number of para-hydroxylation sites is 1. The number of carbonyl (C=O) groups is 1. The van der Waals surface area contributed by atoms with E-state index in [-0.39, 0.29) is 12.5 Å². The van der Waals surface area contributed by atoms with Gasteiger partial charge in [0.25, 0.3) is 5.91 Å². The number of amides is 1. The van der Waals surface area contributed by atoms with E-state index in [1.54, 1.807) is 38.5 Å². The highest BCUT2D eigenvalue weighted by molar-refractivity contribution is 5.92. The summed E-state index contributed by atoms with van der Waals surface area (Å²) in [7, 11) is 3.10. The highest BCUT2D eigenvalue weighted by atomic mass is 16.5. The quantitative estimate of drug-likeness (QED) is 0.755. The van der Waals surface area contributed by atoms with Crippen LogP contribution in [0.2, 0.25) is 0 Å². The Labute approximate surface area is 141 Å². The maximum atomic E-state index is 12.1. The molecule has 0 saturated heterocycles. The highest BCUT2D eigenvalue weighted by Crippen LogP contribution is 2.29. The smallest absolute Gasteiger partial charge is 0.262 e. The van der Waals surface area contributed by atoms with Crippen molar-refractivity contribution >= 4 is 11.6 Å². The summed E-state index contributed by atoms with van der Waals surface area (Å²) in [5, 5.41) is 2.77. The van der Waals surface area contributed by atoms with E-state index in [1.165, 1.54) is 0 Å². The first-order chi connectivity index (χ1) is 11.7. The molecule has 0 aromatic heterocycles. The third kappa shape index (κ3) is 4.52. The van der Waals surface area contributed by atoms with Gasteiger partial charge in [-0.2, -0.15) is 0 Å². The summed E-state index contributed by atoms with van der Waals surface area (Å²) in [4.78, 5) is 12.1. The van der Waals surface area contributed by atoms with Crippen molar-refractivity contribution in [3.05, 3.63) is 60.7 Å². The molecule has 0 aliphatic rings. The molecule has 126 valence electrons. The topological polar surface area (TPSA) is 56.8 Å². The van der Waals surface area contributed by atoms with Gasteiger partial charge in [0.2, 0.25) is 0 Å². The molecule has 0 aliphatic carbocycles. The van der Waals surface area contributed by atoms with Gasteiger partial charge >= 0.3 is 0 Å². The van der Waals surface area contributed by atoms with Gasteiger partial charge in [-0.3, -0.25) is 4.79 Å². The normalized spacial score (nSPS) is 9.92. The third-order valence-electron chi connectivity index (χ3n) is 3.36. The van der Waals surface area contributed by atoms with Gasteiger partial charge in [0.15, 0.2) is 18.1 Å². The van der Waals surface area contributed by atoms with Crippen LogP contribution >= 0.6 is 0 Å². The standard InChI is InChI=1S/C19H21NO4/c1-4-7-14-8-5-6-9-16(14)24-13-19(21)20-15-10-11-17(22-2)18(12-15)23-3/h4-6,8-12H,1,7,13H2,2-3H3,(H,20,21). The van der Waals surface area contributed by atoms with Crippen LogP contribution < -0.4 is 19.5 Å². The molecule has 0 aliphatic heterocycles. The van der Waals surface area contributed by atoms with Crippen molar-refractivity contribution in [1.82, 2.24) is 0 Å². The molecule has 0 saturated carbocycles. The fraction of sp³-hybridized carbons (Fsp3) is 0.211. The molecule has 2 aromatic rings. The van der Waals surface area contributed by atoms with Gasteiger partial charge < -0.3 is 19.5 Å². The number of allylic oxidation sites excluding steroid dienone is 1. The van der Waals surface area contributed by atoms with Gasteiger partial charge in [0.1, 0.15) is 5.75 Å². The molecule has 5 nitrogen and oxygen atoms in total. The molecule has 0 atom stereocenters. The van der Waals surface area contributed by atoms with Crippen LogP contribution in [-0.2, 0) is 11.2 Å². The van der Waals surface area contributed by atoms with Crippen LogP contribution in [0.4, 0.5) is 5.69 Å². The Morgan fingerprint density at radius 3 is 2.54 bits per heavy atom. The molecule has 5 heteroatoms. The molecular formula is C19H21NO4. The number of rotatable bonds is 8. The molecule has 2 aromatic carbocycles. The Hall–Kier alpha value is -2.95. The lowest BCUT2D eigenvalue weighted by molar-refractivity contribution is -0.118. The first-order valence-corrected chi connectivity index (χ1v) is 7.51. The van der Waals surface area contributed by atoms with E-state index in [0.717, 1.165) is 5.56 Å². The number of nitrogens with one attached hydrogen (secondary N) is 1. The van der Waals surface area contributed by atoms with E-state index in [0.29, 0.717) is 29.4 Å². The predicted octanol–water partition coefficient (Wildman–Crippen LogP) is 3.45. The number of hydrogen-bond donors (Lipinski definition) is 1. The van der Waals surface area contributed by atoms with Gasteiger partial charge in [-0.15, -0.1) is 6.58 Å². The van der Waals surface area contributed by atoms with Crippen LogP contribution in [0, 0.1) is 0 Å². The Morgan fingerprint density at radius 2 is 1.83 bits per heavy atom. The molecule has 0 fully saturated rings. The van der Waals surface area contributed by atoms with Crippen LogP contribution in [0.25, 0.3) is 0 Å². The van der Waals surface area contributed by atoms with E-state index >= 15 is 0 Å². The van der Waals surface area contributed by atoms with Crippen LogP contribution in [0.3, 0.4) is 0 Å². The van der Waals surface area contributed by atoms with E-state index in [1.807, 2.05) is 24.3 Å². The number of ether oxygens (including phenoxy) is 3. The first kappa shape index (κ1) is 17.4. The zero-order valence-electron chi connectivity index (χ0n) is 13.9. The molecule has 0 heterocycles.